The summed E-state index contributed by atoms with van der Waals surface area (Å²) < 4.78 is 5.53. The van der Waals surface area contributed by atoms with Gasteiger partial charge in [-0.05, 0) is 39.3 Å². The second-order valence-electron chi connectivity index (χ2n) is 4.96. The second-order valence-corrected chi connectivity index (χ2v) is 4.96. The number of ether oxygens (including phenoxy) is 1. The normalized spacial score (nSPS) is 27.2. The molecule has 5 heteroatoms. The summed E-state index contributed by atoms with van der Waals surface area (Å²) in [5, 5.41) is 12.4. The summed E-state index contributed by atoms with van der Waals surface area (Å²) in [7, 11) is 0. The summed E-state index contributed by atoms with van der Waals surface area (Å²) in [5.41, 5.74) is 0.712. The van der Waals surface area contributed by atoms with Crippen LogP contribution in [0, 0.1) is 6.92 Å². The van der Waals surface area contributed by atoms with Crippen LogP contribution in [-0.4, -0.2) is 34.3 Å². The van der Waals surface area contributed by atoms with E-state index in [1.807, 2.05) is 20.8 Å². The lowest BCUT2D eigenvalue weighted by Gasteiger charge is -2.30. The van der Waals surface area contributed by atoms with E-state index in [9.17, 15) is 4.79 Å². The number of hydrogen-bond acceptors (Lipinski definition) is 4. The van der Waals surface area contributed by atoms with Crippen molar-refractivity contribution in [3.05, 3.63) is 23.4 Å². The average Bonchev–Trinajstić information content (AvgIpc) is 2.58. The van der Waals surface area contributed by atoms with E-state index in [1.54, 1.807) is 12.1 Å². The first-order chi connectivity index (χ1) is 8.42. The molecule has 0 aromatic carbocycles. The van der Waals surface area contributed by atoms with Gasteiger partial charge in [0.2, 0.25) is 0 Å². The predicted molar refractivity (Wildman–Crippen MR) is 68.0 cm³/mol. The average molecular weight is 250 g/mol. The Balaban J connectivity index is 2.33. The number of rotatable bonds is 3. The van der Waals surface area contributed by atoms with Gasteiger partial charge >= 0.3 is 5.97 Å². The number of aryl methyl sites for hydroxylation is 1. The first-order valence-corrected chi connectivity index (χ1v) is 6.03. The van der Waals surface area contributed by atoms with E-state index in [4.69, 9.17) is 9.84 Å². The van der Waals surface area contributed by atoms with Crippen molar-refractivity contribution in [3.63, 3.8) is 0 Å². The molecule has 1 fully saturated rings. The second kappa shape index (κ2) is 4.57. The van der Waals surface area contributed by atoms with Crippen LogP contribution >= 0.6 is 0 Å². The maximum absolute atomic E-state index is 11.2. The van der Waals surface area contributed by atoms with Gasteiger partial charge in [0, 0.05) is 12.3 Å². The number of nitrogens with one attached hydrogen (secondary N) is 1. The van der Waals surface area contributed by atoms with Crippen LogP contribution in [0.3, 0.4) is 0 Å². The van der Waals surface area contributed by atoms with Crippen LogP contribution in [0.25, 0.3) is 0 Å². The fourth-order valence-corrected chi connectivity index (χ4v) is 2.09. The highest BCUT2D eigenvalue weighted by Crippen LogP contribution is 2.30. The summed E-state index contributed by atoms with van der Waals surface area (Å²) in [4.78, 5) is 15.5. The Labute approximate surface area is 106 Å². The Hall–Kier alpha value is -1.62. The van der Waals surface area contributed by atoms with Gasteiger partial charge in [-0.1, -0.05) is 0 Å². The molecule has 2 unspecified atom stereocenters. The number of carboxylic acid groups (broad SMARTS) is 1. The Morgan fingerprint density at radius 3 is 2.89 bits per heavy atom. The van der Waals surface area contributed by atoms with E-state index in [2.05, 4.69) is 10.3 Å². The third kappa shape index (κ3) is 2.31. The van der Waals surface area contributed by atoms with E-state index in [0.717, 1.165) is 12.1 Å². The number of anilines is 1. The monoisotopic (exact) mass is 250 g/mol. The molecule has 1 aromatic rings. The van der Waals surface area contributed by atoms with Gasteiger partial charge in [-0.25, -0.2) is 9.78 Å². The molecular formula is C13H18N2O3. The minimum Gasteiger partial charge on any atom is -0.478 e. The van der Waals surface area contributed by atoms with Gasteiger partial charge in [0.1, 0.15) is 11.4 Å². The van der Waals surface area contributed by atoms with E-state index in [-0.39, 0.29) is 17.2 Å². The van der Waals surface area contributed by atoms with Crippen molar-refractivity contribution in [2.45, 2.75) is 38.8 Å². The van der Waals surface area contributed by atoms with Crippen molar-refractivity contribution < 1.29 is 14.6 Å². The van der Waals surface area contributed by atoms with E-state index in [1.165, 1.54) is 0 Å². The highest BCUT2D eigenvalue weighted by molar-refractivity contribution is 5.93. The first-order valence-electron chi connectivity index (χ1n) is 6.03. The molecule has 18 heavy (non-hydrogen) atoms. The fourth-order valence-electron chi connectivity index (χ4n) is 2.09. The third-order valence-corrected chi connectivity index (χ3v) is 3.56. The standard InChI is InChI=1S/C13H18N2O3/c1-8-4-5-10(12(16)17)11(14-8)15-13(3)6-7-18-9(13)2/h4-5,9H,6-7H2,1-3H3,(H,14,15)(H,16,17). The van der Waals surface area contributed by atoms with Gasteiger partial charge in [-0.15, -0.1) is 0 Å². The third-order valence-electron chi connectivity index (χ3n) is 3.56. The lowest BCUT2D eigenvalue weighted by Crippen LogP contribution is -2.42. The molecule has 5 nitrogen and oxygen atoms in total. The zero-order chi connectivity index (χ0) is 13.3. The van der Waals surface area contributed by atoms with E-state index < -0.39 is 5.97 Å². The Bertz CT molecular complexity index is 475. The van der Waals surface area contributed by atoms with Crippen LogP contribution in [0.2, 0.25) is 0 Å². The van der Waals surface area contributed by atoms with E-state index >= 15 is 0 Å². The molecule has 2 N–H and O–H groups in total. The van der Waals surface area contributed by atoms with Gasteiger partial charge in [-0.3, -0.25) is 0 Å². The molecule has 1 aromatic heterocycles. The number of hydrogen-bond donors (Lipinski definition) is 2. The fraction of sp³-hybridized carbons (Fsp3) is 0.538. The lowest BCUT2D eigenvalue weighted by molar-refractivity contribution is 0.0697. The summed E-state index contributed by atoms with van der Waals surface area (Å²) in [6, 6.07) is 3.28. The van der Waals surface area contributed by atoms with Crippen LogP contribution in [0.1, 0.15) is 36.3 Å². The molecular weight excluding hydrogens is 232 g/mol. The molecule has 0 amide bonds. The number of pyridine rings is 1. The first kappa shape index (κ1) is 12.8. The largest absolute Gasteiger partial charge is 0.478 e. The zero-order valence-electron chi connectivity index (χ0n) is 10.9. The molecule has 0 bridgehead atoms. The van der Waals surface area contributed by atoms with Crippen molar-refractivity contribution in [1.29, 1.82) is 0 Å². The molecule has 1 saturated heterocycles. The van der Waals surface area contributed by atoms with Crippen LogP contribution in [0.15, 0.2) is 12.1 Å². The predicted octanol–water partition coefficient (Wildman–Crippen LogP) is 2.07. The van der Waals surface area contributed by atoms with Crippen molar-refractivity contribution in [1.82, 2.24) is 4.98 Å². The number of aromatic carboxylic acids is 1. The summed E-state index contributed by atoms with van der Waals surface area (Å²) in [6.07, 6.45) is 0.865. The molecule has 1 aliphatic rings. The molecule has 0 spiro atoms. The minimum atomic E-state index is -0.972. The van der Waals surface area contributed by atoms with Crippen molar-refractivity contribution in [3.8, 4) is 0 Å². The number of carboxylic acids is 1. The number of aromatic nitrogens is 1. The minimum absolute atomic E-state index is 0.0291. The smallest absolute Gasteiger partial charge is 0.339 e. The summed E-state index contributed by atoms with van der Waals surface area (Å²) >= 11 is 0. The molecule has 0 radical (unpaired) electrons. The Morgan fingerprint density at radius 1 is 1.61 bits per heavy atom. The molecule has 0 aliphatic carbocycles. The summed E-state index contributed by atoms with van der Waals surface area (Å²) in [5.74, 6) is -0.553. The Kier molecular flexibility index (Phi) is 3.26. The molecule has 1 aliphatic heterocycles. The molecule has 2 atom stereocenters. The number of nitrogens with zero attached hydrogens (tertiary/aromatic N) is 1. The van der Waals surface area contributed by atoms with Gasteiger partial charge < -0.3 is 15.2 Å². The maximum atomic E-state index is 11.2. The van der Waals surface area contributed by atoms with E-state index in [0.29, 0.717) is 12.4 Å². The van der Waals surface area contributed by atoms with Crippen molar-refractivity contribution in [2.75, 3.05) is 11.9 Å². The van der Waals surface area contributed by atoms with Gasteiger partial charge in [-0.2, -0.15) is 0 Å². The molecule has 2 rings (SSSR count). The van der Waals surface area contributed by atoms with Crippen LogP contribution < -0.4 is 5.32 Å². The SMILES string of the molecule is Cc1ccc(C(=O)O)c(NC2(C)CCOC2C)n1. The molecule has 2 heterocycles. The van der Waals surface area contributed by atoms with Crippen LogP contribution in [0.5, 0.6) is 0 Å². The molecule has 98 valence electrons. The molecule has 0 saturated carbocycles. The van der Waals surface area contributed by atoms with Crippen molar-refractivity contribution >= 4 is 11.8 Å². The maximum Gasteiger partial charge on any atom is 0.339 e. The van der Waals surface area contributed by atoms with Crippen molar-refractivity contribution in [2.24, 2.45) is 0 Å². The topological polar surface area (TPSA) is 71.5 Å². The van der Waals surface area contributed by atoms with Gasteiger partial charge in [0.05, 0.1) is 11.6 Å². The van der Waals surface area contributed by atoms with Gasteiger partial charge in [0.15, 0.2) is 0 Å². The highest BCUT2D eigenvalue weighted by atomic mass is 16.5. The number of carbonyl (C=O) groups is 1. The highest BCUT2D eigenvalue weighted by Gasteiger charge is 2.38. The van der Waals surface area contributed by atoms with Crippen LogP contribution in [-0.2, 0) is 4.74 Å². The lowest BCUT2D eigenvalue weighted by atomic mass is 9.94. The van der Waals surface area contributed by atoms with Gasteiger partial charge in [0.25, 0.3) is 0 Å². The van der Waals surface area contributed by atoms with Crippen LogP contribution in [0.4, 0.5) is 5.82 Å². The zero-order valence-corrected chi connectivity index (χ0v) is 10.9. The quantitative estimate of drug-likeness (QED) is 0.859. The Morgan fingerprint density at radius 2 is 2.33 bits per heavy atom. The summed E-state index contributed by atoms with van der Waals surface area (Å²) in [6.45, 7) is 6.53.